The molecule has 1 saturated carbocycles. The lowest BCUT2D eigenvalue weighted by atomic mass is 10.2. The first-order valence-electron chi connectivity index (χ1n) is 6.74. The van der Waals surface area contributed by atoms with Gasteiger partial charge in [-0.2, -0.15) is 0 Å². The summed E-state index contributed by atoms with van der Waals surface area (Å²) in [5.41, 5.74) is 8.31. The topological polar surface area (TPSA) is 38.9 Å². The van der Waals surface area contributed by atoms with Crippen molar-refractivity contribution < 1.29 is 0 Å². The average Bonchev–Trinajstić information content (AvgIpc) is 3.19. The van der Waals surface area contributed by atoms with Crippen LogP contribution in [0.3, 0.4) is 0 Å². The minimum Gasteiger partial charge on any atom is -0.326 e. The molecule has 0 radical (unpaired) electrons. The van der Waals surface area contributed by atoms with E-state index in [-0.39, 0.29) is 0 Å². The van der Waals surface area contributed by atoms with E-state index in [4.69, 9.17) is 10.7 Å². The number of aromatic nitrogens is 1. The van der Waals surface area contributed by atoms with Gasteiger partial charge < -0.3 is 5.73 Å². The zero-order chi connectivity index (χ0) is 13.2. The number of rotatable bonds is 5. The fraction of sp³-hybridized carbons (Fsp3) is 0.400. The number of thioether (sulfide) groups is 1. The van der Waals surface area contributed by atoms with Crippen LogP contribution >= 0.6 is 23.1 Å². The van der Waals surface area contributed by atoms with Crippen LogP contribution in [-0.2, 0) is 6.54 Å². The summed E-state index contributed by atoms with van der Waals surface area (Å²) < 4.78 is 0. The third kappa shape index (κ3) is 2.86. The molecule has 0 spiro atoms. The maximum absolute atomic E-state index is 5.84. The molecule has 2 aromatic rings. The Morgan fingerprint density at radius 3 is 2.63 bits per heavy atom. The van der Waals surface area contributed by atoms with Crippen LogP contribution < -0.4 is 5.73 Å². The van der Waals surface area contributed by atoms with E-state index in [1.807, 2.05) is 11.8 Å². The van der Waals surface area contributed by atoms with Gasteiger partial charge in [-0.1, -0.05) is 19.1 Å². The highest BCUT2D eigenvalue weighted by Crippen LogP contribution is 2.44. The van der Waals surface area contributed by atoms with Gasteiger partial charge in [0.2, 0.25) is 0 Å². The maximum Gasteiger partial charge on any atom is 0.123 e. The molecule has 1 aliphatic rings. The van der Waals surface area contributed by atoms with Crippen molar-refractivity contribution in [3.05, 3.63) is 34.8 Å². The molecule has 0 unspecified atom stereocenters. The normalized spacial score (nSPS) is 14.8. The van der Waals surface area contributed by atoms with E-state index < -0.39 is 0 Å². The van der Waals surface area contributed by atoms with Gasteiger partial charge in [-0.25, -0.2) is 4.98 Å². The van der Waals surface area contributed by atoms with Gasteiger partial charge in [-0.15, -0.1) is 23.1 Å². The van der Waals surface area contributed by atoms with Crippen molar-refractivity contribution in [2.75, 3.05) is 5.75 Å². The molecular weight excluding hydrogens is 272 g/mol. The third-order valence-electron chi connectivity index (χ3n) is 3.29. The molecule has 1 aromatic heterocycles. The van der Waals surface area contributed by atoms with Crippen LogP contribution in [0.4, 0.5) is 0 Å². The van der Waals surface area contributed by atoms with Crippen molar-refractivity contribution in [1.29, 1.82) is 0 Å². The fourth-order valence-electron chi connectivity index (χ4n) is 2.17. The van der Waals surface area contributed by atoms with Gasteiger partial charge in [-0.05, 0) is 30.7 Å². The highest BCUT2D eigenvalue weighted by Gasteiger charge is 2.29. The third-order valence-corrected chi connectivity index (χ3v) is 5.33. The van der Waals surface area contributed by atoms with Crippen LogP contribution in [0.2, 0.25) is 0 Å². The van der Waals surface area contributed by atoms with Crippen molar-refractivity contribution in [1.82, 2.24) is 4.98 Å². The monoisotopic (exact) mass is 290 g/mol. The van der Waals surface area contributed by atoms with E-state index in [1.54, 1.807) is 11.3 Å². The predicted octanol–water partition coefficient (Wildman–Crippen LogP) is 4.26. The van der Waals surface area contributed by atoms with Crippen molar-refractivity contribution >= 4 is 23.1 Å². The Labute approximate surface area is 122 Å². The standard InChI is InChI=1S/C15H18N2S2/c1-2-18-12-7-5-11(6-8-12)15-17-14(10-3-4-10)13(9-16)19-15/h5-8,10H,2-4,9,16H2,1H3. The van der Waals surface area contributed by atoms with Crippen LogP contribution in [0.5, 0.6) is 0 Å². The predicted molar refractivity (Wildman–Crippen MR) is 83.8 cm³/mol. The van der Waals surface area contributed by atoms with Crippen molar-refractivity contribution in [3.63, 3.8) is 0 Å². The summed E-state index contributed by atoms with van der Waals surface area (Å²) in [7, 11) is 0. The molecule has 19 heavy (non-hydrogen) atoms. The molecule has 100 valence electrons. The van der Waals surface area contributed by atoms with Gasteiger partial charge in [-0.3, -0.25) is 0 Å². The first kappa shape index (κ1) is 13.2. The zero-order valence-electron chi connectivity index (χ0n) is 11.1. The van der Waals surface area contributed by atoms with E-state index in [1.165, 1.54) is 33.9 Å². The minimum absolute atomic E-state index is 0.618. The number of nitrogens with zero attached hydrogens (tertiary/aromatic N) is 1. The molecule has 0 saturated heterocycles. The number of thiazole rings is 1. The van der Waals surface area contributed by atoms with E-state index in [0.29, 0.717) is 12.5 Å². The van der Waals surface area contributed by atoms with Crippen molar-refractivity contribution in [2.24, 2.45) is 5.73 Å². The van der Waals surface area contributed by atoms with Gasteiger partial charge in [0.15, 0.2) is 0 Å². The van der Waals surface area contributed by atoms with E-state index in [0.717, 1.165) is 10.8 Å². The SMILES string of the molecule is CCSc1ccc(-c2nc(C3CC3)c(CN)s2)cc1. The summed E-state index contributed by atoms with van der Waals surface area (Å²) in [5, 5.41) is 1.12. The fourth-order valence-corrected chi connectivity index (χ4v) is 3.86. The summed E-state index contributed by atoms with van der Waals surface area (Å²) in [6.07, 6.45) is 2.56. The Kier molecular flexibility index (Phi) is 3.91. The number of nitrogens with two attached hydrogens (primary N) is 1. The second-order valence-corrected chi connectivity index (χ2v) is 7.18. The van der Waals surface area contributed by atoms with Gasteiger partial charge in [0.1, 0.15) is 5.01 Å². The van der Waals surface area contributed by atoms with Crippen LogP contribution in [0, 0.1) is 0 Å². The molecular formula is C15H18N2S2. The second kappa shape index (κ2) is 5.65. The largest absolute Gasteiger partial charge is 0.326 e. The second-order valence-electron chi connectivity index (χ2n) is 4.76. The smallest absolute Gasteiger partial charge is 0.123 e. The lowest BCUT2D eigenvalue weighted by Crippen LogP contribution is -1.96. The van der Waals surface area contributed by atoms with Gasteiger partial charge in [0, 0.05) is 27.8 Å². The van der Waals surface area contributed by atoms with Crippen LogP contribution in [0.15, 0.2) is 29.2 Å². The maximum atomic E-state index is 5.84. The van der Waals surface area contributed by atoms with Crippen molar-refractivity contribution in [3.8, 4) is 10.6 Å². The molecule has 1 aromatic carbocycles. The molecule has 1 fully saturated rings. The first-order valence-corrected chi connectivity index (χ1v) is 8.55. The lowest BCUT2D eigenvalue weighted by Gasteiger charge is -2.00. The molecule has 2 N–H and O–H groups in total. The number of hydrogen-bond donors (Lipinski definition) is 1. The Morgan fingerprint density at radius 2 is 2.05 bits per heavy atom. The first-order chi connectivity index (χ1) is 9.31. The van der Waals surface area contributed by atoms with E-state index in [2.05, 4.69) is 31.2 Å². The van der Waals surface area contributed by atoms with E-state index in [9.17, 15) is 0 Å². The molecule has 1 aliphatic carbocycles. The van der Waals surface area contributed by atoms with Gasteiger partial charge in [0.05, 0.1) is 5.69 Å². The molecule has 4 heteroatoms. The number of benzene rings is 1. The summed E-state index contributed by atoms with van der Waals surface area (Å²) in [4.78, 5) is 7.41. The molecule has 0 bridgehead atoms. The molecule has 1 heterocycles. The highest BCUT2D eigenvalue weighted by atomic mass is 32.2. The van der Waals surface area contributed by atoms with Gasteiger partial charge in [0.25, 0.3) is 0 Å². The Hall–Kier alpha value is -0.840. The lowest BCUT2D eigenvalue weighted by molar-refractivity contribution is 0.980. The summed E-state index contributed by atoms with van der Waals surface area (Å²) in [5.74, 6) is 1.79. The van der Waals surface area contributed by atoms with Crippen LogP contribution in [-0.4, -0.2) is 10.7 Å². The van der Waals surface area contributed by atoms with Crippen LogP contribution in [0.25, 0.3) is 10.6 Å². The minimum atomic E-state index is 0.618. The van der Waals surface area contributed by atoms with Crippen molar-refractivity contribution in [2.45, 2.75) is 37.1 Å². The summed E-state index contributed by atoms with van der Waals surface area (Å²) in [6, 6.07) is 8.72. The highest BCUT2D eigenvalue weighted by molar-refractivity contribution is 7.99. The molecule has 2 nitrogen and oxygen atoms in total. The van der Waals surface area contributed by atoms with Gasteiger partial charge >= 0.3 is 0 Å². The summed E-state index contributed by atoms with van der Waals surface area (Å²) in [6.45, 7) is 2.79. The zero-order valence-corrected chi connectivity index (χ0v) is 12.7. The Balaban J connectivity index is 1.88. The Morgan fingerprint density at radius 1 is 1.32 bits per heavy atom. The average molecular weight is 290 g/mol. The molecule has 0 amide bonds. The molecule has 0 atom stereocenters. The van der Waals surface area contributed by atoms with Crippen LogP contribution in [0.1, 0.15) is 36.3 Å². The Bertz CT molecular complexity index is 556. The summed E-state index contributed by atoms with van der Waals surface area (Å²) >= 11 is 3.63. The quantitative estimate of drug-likeness (QED) is 0.836. The molecule has 3 rings (SSSR count). The molecule has 0 aliphatic heterocycles. The number of hydrogen-bond acceptors (Lipinski definition) is 4. The van der Waals surface area contributed by atoms with E-state index >= 15 is 0 Å².